The van der Waals surface area contributed by atoms with Crippen molar-refractivity contribution in [2.45, 2.75) is 51.4 Å². The predicted octanol–water partition coefficient (Wildman–Crippen LogP) is 6.72. The highest BCUT2D eigenvalue weighted by Gasteiger charge is 2.70. The molecule has 4 aliphatic rings. The van der Waals surface area contributed by atoms with Gasteiger partial charge in [-0.15, -0.1) is 0 Å². The number of aromatic hydroxyl groups is 1. The summed E-state index contributed by atoms with van der Waals surface area (Å²) < 4.78 is 5.46. The van der Waals surface area contributed by atoms with E-state index in [0.29, 0.717) is 52.5 Å². The maximum Gasteiger partial charge on any atom is 0.260 e. The Bertz CT molecular complexity index is 1920. The van der Waals surface area contributed by atoms with Gasteiger partial charge in [-0.1, -0.05) is 66.0 Å². The van der Waals surface area contributed by atoms with E-state index in [9.17, 15) is 19.5 Å². The van der Waals surface area contributed by atoms with Crippen LogP contribution in [0.5, 0.6) is 11.5 Å². The van der Waals surface area contributed by atoms with Crippen LogP contribution in [0.3, 0.4) is 0 Å². The lowest BCUT2D eigenvalue weighted by Gasteiger charge is -2.50. The summed E-state index contributed by atoms with van der Waals surface area (Å²) in [4.78, 5) is 59.1. The fraction of sp³-hybridized carbons (Fsp3) is 0.368. The van der Waals surface area contributed by atoms with E-state index in [1.54, 1.807) is 45.2 Å². The van der Waals surface area contributed by atoms with Crippen molar-refractivity contribution >= 4 is 52.5 Å². The number of aryl methyl sites for hydroxylation is 2. The van der Waals surface area contributed by atoms with Gasteiger partial charge < -0.3 is 9.84 Å². The molecule has 2 saturated heterocycles. The van der Waals surface area contributed by atoms with E-state index >= 15 is 4.79 Å². The van der Waals surface area contributed by atoms with Gasteiger partial charge in [0, 0.05) is 17.5 Å². The number of halogens is 2. The van der Waals surface area contributed by atoms with Crippen LogP contribution in [0.25, 0.3) is 0 Å². The van der Waals surface area contributed by atoms with Crippen LogP contribution < -0.4 is 10.2 Å². The Hall–Kier alpha value is -4.34. The molecule has 2 N–H and O–H groups in total. The summed E-state index contributed by atoms with van der Waals surface area (Å²) in [6.07, 6.45) is 3.20. The Morgan fingerprint density at radius 1 is 0.939 bits per heavy atom. The zero-order valence-electron chi connectivity index (χ0n) is 27.6. The fourth-order valence-electron chi connectivity index (χ4n) is 8.88. The number of anilines is 1. The lowest BCUT2D eigenvalue weighted by molar-refractivity contribution is -0.141. The van der Waals surface area contributed by atoms with Gasteiger partial charge in [0.15, 0.2) is 0 Å². The van der Waals surface area contributed by atoms with Crippen LogP contribution in [0.1, 0.15) is 54.4 Å². The number of hydrazine groups is 1. The number of allylic oxidation sites excluding steroid dienone is 2. The number of phenols is 1. The van der Waals surface area contributed by atoms with Crippen LogP contribution in [0, 0.1) is 37.5 Å². The Morgan fingerprint density at radius 2 is 1.63 bits per heavy atom. The second-order valence-corrected chi connectivity index (χ2v) is 14.4. The van der Waals surface area contributed by atoms with Crippen molar-refractivity contribution in [3.05, 3.63) is 98.5 Å². The first kappa shape index (κ1) is 33.2. The number of phenolic OH excluding ortho intramolecular Hbond substituents is 1. The average molecular weight is 703 g/mol. The quantitative estimate of drug-likeness (QED) is 0.208. The second kappa shape index (κ2) is 12.2. The maximum atomic E-state index is 15.3. The summed E-state index contributed by atoms with van der Waals surface area (Å²) in [5.74, 6) is -3.89. The number of methoxy groups -OCH3 is 1. The molecule has 1 saturated carbocycles. The Balaban J connectivity index is 1.48. The molecular weight excluding hydrogens is 665 g/mol. The third-order valence-corrected chi connectivity index (χ3v) is 11.5. The molecule has 0 unspecified atom stereocenters. The van der Waals surface area contributed by atoms with E-state index in [1.165, 1.54) is 11.0 Å². The first-order chi connectivity index (χ1) is 23.4. The minimum Gasteiger partial charge on any atom is -0.507 e. The molecule has 49 heavy (non-hydrogen) atoms. The van der Waals surface area contributed by atoms with Gasteiger partial charge in [-0.05, 0) is 91.6 Å². The van der Waals surface area contributed by atoms with E-state index < -0.39 is 46.8 Å². The van der Waals surface area contributed by atoms with Crippen LogP contribution in [0.2, 0.25) is 10.0 Å². The number of hydrogen-bond donors (Lipinski definition) is 2. The molecule has 3 aromatic carbocycles. The van der Waals surface area contributed by atoms with Crippen molar-refractivity contribution < 1.29 is 29.0 Å². The van der Waals surface area contributed by atoms with Gasteiger partial charge in [0.05, 0.1) is 41.0 Å². The zero-order valence-corrected chi connectivity index (χ0v) is 29.1. The normalized spacial score (nSPS) is 27.6. The Morgan fingerprint density at radius 3 is 2.27 bits per heavy atom. The van der Waals surface area contributed by atoms with Gasteiger partial charge in [0.2, 0.25) is 11.8 Å². The molecule has 0 radical (unpaired) electrons. The topological polar surface area (TPSA) is 116 Å². The van der Waals surface area contributed by atoms with Crippen LogP contribution in [0.4, 0.5) is 5.69 Å². The molecule has 4 amide bonds. The molecule has 9 nitrogen and oxygen atoms in total. The third-order valence-electron chi connectivity index (χ3n) is 11.0. The molecule has 2 heterocycles. The summed E-state index contributed by atoms with van der Waals surface area (Å²) >= 11 is 12.7. The van der Waals surface area contributed by atoms with Gasteiger partial charge >= 0.3 is 0 Å². The summed E-state index contributed by atoms with van der Waals surface area (Å²) in [5, 5.41) is 12.5. The van der Waals surface area contributed by atoms with Crippen LogP contribution >= 0.6 is 23.2 Å². The van der Waals surface area contributed by atoms with Crippen molar-refractivity contribution in [1.82, 2.24) is 9.91 Å². The number of likely N-dealkylation sites (tertiary alicyclic amines) is 1. The fourth-order valence-corrected chi connectivity index (χ4v) is 9.33. The maximum absolute atomic E-state index is 15.3. The molecule has 3 aromatic rings. The molecule has 0 bridgehead atoms. The highest BCUT2D eigenvalue weighted by Crippen LogP contribution is 2.64. The van der Waals surface area contributed by atoms with Crippen molar-refractivity contribution in [2.75, 3.05) is 19.1 Å². The summed E-state index contributed by atoms with van der Waals surface area (Å²) in [7, 11) is 1.56. The zero-order chi connectivity index (χ0) is 34.9. The first-order valence-electron chi connectivity index (χ1n) is 16.5. The molecule has 2 aliphatic heterocycles. The number of nitrogens with zero attached hydrogens (tertiary/aromatic N) is 2. The van der Waals surface area contributed by atoms with Gasteiger partial charge in [-0.25, -0.2) is 0 Å². The van der Waals surface area contributed by atoms with Crippen molar-refractivity contribution in [1.29, 1.82) is 0 Å². The second-order valence-electron chi connectivity index (χ2n) is 13.5. The molecular formula is C38H37Cl2N3O6. The van der Waals surface area contributed by atoms with E-state index in [1.807, 2.05) is 37.3 Å². The van der Waals surface area contributed by atoms with Crippen molar-refractivity contribution in [3.63, 3.8) is 0 Å². The van der Waals surface area contributed by atoms with Gasteiger partial charge in [0.25, 0.3) is 11.8 Å². The number of rotatable bonds is 7. The van der Waals surface area contributed by atoms with Crippen molar-refractivity contribution in [2.24, 2.45) is 23.7 Å². The molecule has 3 fully saturated rings. The summed E-state index contributed by atoms with van der Waals surface area (Å²) in [6, 6.07) is 15.7. The van der Waals surface area contributed by atoms with E-state index in [4.69, 9.17) is 27.9 Å². The molecule has 0 aromatic heterocycles. The number of carbonyl (C=O) groups excluding carboxylic acids is 4. The standard InChI is InChI=1S/C38H37Cl2N3O6/c1-5-14-42-34(45)26-12-11-25-27(31(26)36(42)47)18-28-35(46)43(41-30-13-8-23(39)17-29(30)40)37(48)38(28,22-6-9-24(49-4)10-7-22)32(25)21-15-19(2)33(44)20(3)16-21/h6-11,13,15-17,26-28,31-32,41,44H,5,12,14,18H2,1-4H3/t26-,27+,28-,31-,32-,38+/m0/s1. The van der Waals surface area contributed by atoms with Crippen LogP contribution in [-0.4, -0.2) is 52.3 Å². The molecule has 11 heteroatoms. The summed E-state index contributed by atoms with van der Waals surface area (Å²) in [5.41, 5.74) is 5.31. The number of amides is 4. The van der Waals surface area contributed by atoms with Crippen LogP contribution in [-0.2, 0) is 24.6 Å². The summed E-state index contributed by atoms with van der Waals surface area (Å²) in [6.45, 7) is 5.87. The monoisotopic (exact) mass is 701 g/mol. The van der Waals surface area contributed by atoms with Gasteiger partial charge in [-0.3, -0.25) is 29.5 Å². The molecule has 6 atom stereocenters. The van der Waals surface area contributed by atoms with E-state index in [0.717, 1.165) is 16.1 Å². The minimum atomic E-state index is -1.46. The third kappa shape index (κ3) is 4.88. The molecule has 2 aliphatic carbocycles. The molecule has 0 spiro atoms. The number of hydrogen-bond acceptors (Lipinski definition) is 7. The molecule has 7 rings (SSSR count). The number of ether oxygens (including phenoxy) is 1. The lowest BCUT2D eigenvalue weighted by Crippen LogP contribution is -2.53. The number of fused-ring (bicyclic) bond motifs is 4. The Kier molecular flexibility index (Phi) is 8.27. The van der Waals surface area contributed by atoms with Crippen LogP contribution in [0.15, 0.2) is 66.2 Å². The molecule has 254 valence electrons. The minimum absolute atomic E-state index is 0.144. The highest BCUT2D eigenvalue weighted by molar-refractivity contribution is 6.36. The SMILES string of the molecule is CCCN1C(=O)[C@H]2[C@H](CC=C3[C@H]2C[C@H]2C(=O)N(Nc4ccc(Cl)cc4Cl)C(=O)[C@@]2(c2ccc(OC)cc2)[C@H]3c2cc(C)c(O)c(C)c2)C1=O. The van der Waals surface area contributed by atoms with Gasteiger partial charge in [0.1, 0.15) is 11.5 Å². The van der Waals surface area contributed by atoms with Crippen molar-refractivity contribution in [3.8, 4) is 11.5 Å². The first-order valence-corrected chi connectivity index (χ1v) is 17.3. The van der Waals surface area contributed by atoms with E-state index in [2.05, 4.69) is 5.43 Å². The number of nitrogens with one attached hydrogen (secondary N) is 1. The highest BCUT2D eigenvalue weighted by atomic mass is 35.5. The lowest BCUT2D eigenvalue weighted by atomic mass is 9.49. The largest absolute Gasteiger partial charge is 0.507 e. The Labute approximate surface area is 294 Å². The number of benzene rings is 3. The number of imide groups is 2. The van der Waals surface area contributed by atoms with E-state index in [-0.39, 0.29) is 29.0 Å². The smallest absolute Gasteiger partial charge is 0.260 e. The average Bonchev–Trinajstić information content (AvgIpc) is 3.45. The number of carbonyl (C=O) groups is 4. The predicted molar refractivity (Wildman–Crippen MR) is 185 cm³/mol. The van der Waals surface area contributed by atoms with Gasteiger partial charge in [-0.2, -0.15) is 5.01 Å².